The first-order valence-electron chi connectivity index (χ1n) is 8.20. The zero-order valence-electron chi connectivity index (χ0n) is 14.3. The highest BCUT2D eigenvalue weighted by molar-refractivity contribution is 4.70. The summed E-state index contributed by atoms with van der Waals surface area (Å²) in [4.78, 5) is 2.54. The second kappa shape index (κ2) is 13.8. The molecule has 0 unspecified atom stereocenters. The maximum atomic E-state index is 5.53. The Morgan fingerprint density at radius 3 is 2.25 bits per heavy atom. The summed E-state index contributed by atoms with van der Waals surface area (Å²) in [6.07, 6.45) is 3.85. The third kappa shape index (κ3) is 10.6. The van der Waals surface area contributed by atoms with Crippen LogP contribution >= 0.6 is 0 Å². The number of nitrogens with one attached hydrogen (secondary N) is 1. The lowest BCUT2D eigenvalue weighted by Crippen LogP contribution is -2.41. The minimum absolute atomic E-state index is 0.342. The summed E-state index contributed by atoms with van der Waals surface area (Å²) in [5, 5.41) is 3.51. The number of nitrogens with zero attached hydrogens (tertiary/aromatic N) is 1. The van der Waals surface area contributed by atoms with Crippen molar-refractivity contribution in [3.05, 3.63) is 0 Å². The molecular weight excluding hydrogens is 252 g/mol. The van der Waals surface area contributed by atoms with E-state index >= 15 is 0 Å². The van der Waals surface area contributed by atoms with Crippen LogP contribution in [-0.4, -0.2) is 63.5 Å². The Morgan fingerprint density at radius 2 is 1.70 bits per heavy atom. The molecule has 0 rings (SSSR count). The molecule has 122 valence electrons. The van der Waals surface area contributed by atoms with Gasteiger partial charge in [0.15, 0.2) is 0 Å². The van der Waals surface area contributed by atoms with E-state index in [1.807, 2.05) is 0 Å². The third-order valence-electron chi connectivity index (χ3n) is 3.57. The molecule has 0 radical (unpaired) electrons. The molecule has 0 aromatic carbocycles. The van der Waals surface area contributed by atoms with Crippen LogP contribution < -0.4 is 5.32 Å². The highest BCUT2D eigenvalue weighted by Crippen LogP contribution is 2.07. The zero-order chi connectivity index (χ0) is 15.2. The van der Waals surface area contributed by atoms with Crippen LogP contribution in [0.25, 0.3) is 0 Å². The summed E-state index contributed by atoms with van der Waals surface area (Å²) in [5.41, 5.74) is 0. The smallest absolute Gasteiger partial charge is 0.0589 e. The second-order valence-electron chi connectivity index (χ2n) is 5.52. The van der Waals surface area contributed by atoms with Crippen LogP contribution in [0.1, 0.15) is 47.0 Å². The molecule has 0 spiro atoms. The Balaban J connectivity index is 3.72. The second-order valence-corrected chi connectivity index (χ2v) is 5.52. The van der Waals surface area contributed by atoms with E-state index in [1.165, 1.54) is 12.8 Å². The van der Waals surface area contributed by atoms with Crippen LogP contribution in [-0.2, 0) is 9.47 Å². The Hall–Kier alpha value is -0.160. The predicted octanol–water partition coefficient (Wildman–Crippen LogP) is 2.53. The topological polar surface area (TPSA) is 33.7 Å². The molecule has 0 saturated carbocycles. The number of methoxy groups -OCH3 is 1. The van der Waals surface area contributed by atoms with Gasteiger partial charge in [0.05, 0.1) is 12.7 Å². The van der Waals surface area contributed by atoms with Crippen LogP contribution in [0.5, 0.6) is 0 Å². The van der Waals surface area contributed by atoms with Crippen molar-refractivity contribution < 1.29 is 9.47 Å². The lowest BCUT2D eigenvalue weighted by molar-refractivity contribution is 0.0767. The summed E-state index contributed by atoms with van der Waals surface area (Å²) in [5.74, 6) is 0. The molecule has 0 aliphatic rings. The van der Waals surface area contributed by atoms with E-state index in [0.29, 0.717) is 12.1 Å². The minimum atomic E-state index is 0.342. The van der Waals surface area contributed by atoms with Crippen LogP contribution in [0, 0.1) is 0 Å². The van der Waals surface area contributed by atoms with Crippen LogP contribution in [0.2, 0.25) is 0 Å². The molecule has 0 bridgehead atoms. The van der Waals surface area contributed by atoms with Crippen molar-refractivity contribution in [3.63, 3.8) is 0 Å². The minimum Gasteiger partial charge on any atom is -0.383 e. The van der Waals surface area contributed by atoms with Gasteiger partial charge in [-0.15, -0.1) is 0 Å². The average Bonchev–Trinajstić information content (AvgIpc) is 2.43. The van der Waals surface area contributed by atoms with Gasteiger partial charge >= 0.3 is 0 Å². The first kappa shape index (κ1) is 19.8. The van der Waals surface area contributed by atoms with E-state index in [1.54, 1.807) is 7.11 Å². The van der Waals surface area contributed by atoms with Crippen molar-refractivity contribution in [2.45, 2.75) is 59.1 Å². The SMILES string of the molecule is CCC(CC)N(CCNCCCOC(C)C)CCOC. The van der Waals surface area contributed by atoms with Gasteiger partial charge in [-0.2, -0.15) is 0 Å². The predicted molar refractivity (Wildman–Crippen MR) is 86.4 cm³/mol. The number of hydrogen-bond donors (Lipinski definition) is 1. The van der Waals surface area contributed by atoms with Gasteiger partial charge in [0, 0.05) is 39.4 Å². The number of hydrogen-bond acceptors (Lipinski definition) is 4. The van der Waals surface area contributed by atoms with Gasteiger partial charge in [0.25, 0.3) is 0 Å². The van der Waals surface area contributed by atoms with Crippen molar-refractivity contribution in [3.8, 4) is 0 Å². The maximum absolute atomic E-state index is 5.53. The van der Waals surface area contributed by atoms with Crippen molar-refractivity contribution >= 4 is 0 Å². The van der Waals surface area contributed by atoms with Crippen molar-refractivity contribution in [2.24, 2.45) is 0 Å². The molecule has 0 aliphatic carbocycles. The summed E-state index contributed by atoms with van der Waals surface area (Å²) in [7, 11) is 1.78. The van der Waals surface area contributed by atoms with E-state index in [2.05, 4.69) is 37.9 Å². The molecule has 4 nitrogen and oxygen atoms in total. The monoisotopic (exact) mass is 288 g/mol. The summed E-state index contributed by atoms with van der Waals surface area (Å²) >= 11 is 0. The summed E-state index contributed by atoms with van der Waals surface area (Å²) in [6.45, 7) is 14.6. The normalized spacial score (nSPS) is 12.0. The largest absolute Gasteiger partial charge is 0.383 e. The van der Waals surface area contributed by atoms with Gasteiger partial charge in [0.1, 0.15) is 0 Å². The van der Waals surface area contributed by atoms with Gasteiger partial charge in [-0.05, 0) is 39.7 Å². The van der Waals surface area contributed by atoms with E-state index in [-0.39, 0.29) is 0 Å². The van der Waals surface area contributed by atoms with E-state index in [4.69, 9.17) is 9.47 Å². The third-order valence-corrected chi connectivity index (χ3v) is 3.57. The van der Waals surface area contributed by atoms with Crippen LogP contribution in [0.3, 0.4) is 0 Å². The quantitative estimate of drug-likeness (QED) is 0.498. The number of rotatable bonds is 14. The van der Waals surface area contributed by atoms with Crippen molar-refractivity contribution in [1.29, 1.82) is 0 Å². The van der Waals surface area contributed by atoms with Gasteiger partial charge < -0.3 is 14.8 Å². The molecule has 0 amide bonds. The number of ether oxygens (including phenoxy) is 2. The van der Waals surface area contributed by atoms with Crippen molar-refractivity contribution in [2.75, 3.05) is 46.5 Å². The lowest BCUT2D eigenvalue weighted by atomic mass is 10.1. The van der Waals surface area contributed by atoms with Crippen LogP contribution in [0.15, 0.2) is 0 Å². The molecule has 0 heterocycles. The summed E-state index contributed by atoms with van der Waals surface area (Å²) < 4.78 is 10.7. The summed E-state index contributed by atoms with van der Waals surface area (Å²) in [6, 6.07) is 0.677. The van der Waals surface area contributed by atoms with Crippen LogP contribution in [0.4, 0.5) is 0 Å². The van der Waals surface area contributed by atoms with Crippen molar-refractivity contribution in [1.82, 2.24) is 10.2 Å². The van der Waals surface area contributed by atoms with Gasteiger partial charge in [-0.1, -0.05) is 13.8 Å². The standard InChI is InChI=1S/C16H36N2O2/c1-6-16(7-2)18(12-14-19-5)11-10-17-9-8-13-20-15(3)4/h15-17H,6-14H2,1-5H3. The fourth-order valence-corrected chi connectivity index (χ4v) is 2.35. The van der Waals surface area contributed by atoms with E-state index in [9.17, 15) is 0 Å². The Bertz CT molecular complexity index is 197. The molecule has 0 aliphatic heterocycles. The lowest BCUT2D eigenvalue weighted by Gasteiger charge is -2.30. The highest BCUT2D eigenvalue weighted by atomic mass is 16.5. The highest BCUT2D eigenvalue weighted by Gasteiger charge is 2.13. The van der Waals surface area contributed by atoms with E-state index in [0.717, 1.165) is 45.8 Å². The fraction of sp³-hybridized carbons (Fsp3) is 1.00. The molecule has 4 heteroatoms. The first-order valence-corrected chi connectivity index (χ1v) is 8.20. The Kier molecular flexibility index (Phi) is 13.7. The molecule has 0 atom stereocenters. The van der Waals surface area contributed by atoms with Gasteiger partial charge in [-0.25, -0.2) is 0 Å². The Labute approximate surface area is 126 Å². The zero-order valence-corrected chi connectivity index (χ0v) is 14.3. The van der Waals surface area contributed by atoms with Gasteiger partial charge in [-0.3, -0.25) is 4.90 Å². The van der Waals surface area contributed by atoms with Gasteiger partial charge in [0.2, 0.25) is 0 Å². The molecule has 0 aromatic rings. The maximum Gasteiger partial charge on any atom is 0.0589 e. The molecule has 0 aromatic heterocycles. The Morgan fingerprint density at radius 1 is 1.00 bits per heavy atom. The molecule has 1 N–H and O–H groups in total. The first-order chi connectivity index (χ1) is 9.65. The molecule has 0 fully saturated rings. The fourth-order valence-electron chi connectivity index (χ4n) is 2.35. The average molecular weight is 288 g/mol. The van der Waals surface area contributed by atoms with E-state index < -0.39 is 0 Å². The molecule has 0 saturated heterocycles. The molecule has 20 heavy (non-hydrogen) atoms. The molecular formula is C16H36N2O2.